The summed E-state index contributed by atoms with van der Waals surface area (Å²) in [6.07, 6.45) is 4.39. The van der Waals surface area contributed by atoms with Gasteiger partial charge in [0.2, 0.25) is 10.0 Å². The smallest absolute Gasteiger partial charge is 0.408 e. The molecule has 3 heterocycles. The van der Waals surface area contributed by atoms with Crippen LogP contribution in [0.5, 0.6) is 0 Å². The maximum atomic E-state index is 12.8. The second kappa shape index (κ2) is 5.32. The van der Waals surface area contributed by atoms with Crippen LogP contribution in [-0.4, -0.2) is 40.6 Å². The van der Waals surface area contributed by atoms with Gasteiger partial charge in [-0.2, -0.15) is 9.40 Å². The molecule has 8 nitrogen and oxygen atoms in total. The molecule has 1 unspecified atom stereocenters. The Morgan fingerprint density at radius 1 is 1.38 bits per heavy atom. The van der Waals surface area contributed by atoms with Crippen molar-refractivity contribution >= 4 is 21.1 Å². The van der Waals surface area contributed by atoms with Gasteiger partial charge >= 0.3 is 5.76 Å². The molecule has 1 aliphatic rings. The van der Waals surface area contributed by atoms with Crippen molar-refractivity contribution in [3.05, 3.63) is 46.7 Å². The standard InChI is InChI=1S/C15H16N4O4S/c1-10-7-16-19(8-10)11-4-5-18(9-11)24(21,22)12-2-3-13-14(6-12)23-15(20)17-13/h2-3,6-8,11H,4-5,9H2,1H3,(H,17,20). The molecule has 0 aliphatic carbocycles. The first kappa shape index (κ1) is 15.2. The number of aryl methyl sites for hydroxylation is 1. The van der Waals surface area contributed by atoms with E-state index in [1.165, 1.54) is 22.5 Å². The van der Waals surface area contributed by atoms with E-state index in [-0.39, 0.29) is 16.5 Å². The second-order valence-corrected chi connectivity index (χ2v) is 7.91. The molecule has 4 rings (SSSR count). The van der Waals surface area contributed by atoms with E-state index < -0.39 is 15.8 Å². The monoisotopic (exact) mass is 348 g/mol. The Balaban J connectivity index is 1.63. The molecule has 1 aromatic carbocycles. The second-order valence-electron chi connectivity index (χ2n) is 5.98. The van der Waals surface area contributed by atoms with Crippen molar-refractivity contribution in [2.45, 2.75) is 24.3 Å². The lowest BCUT2D eigenvalue weighted by Crippen LogP contribution is -2.29. The number of nitrogens with one attached hydrogen (secondary N) is 1. The van der Waals surface area contributed by atoms with Crippen LogP contribution in [0.4, 0.5) is 0 Å². The van der Waals surface area contributed by atoms with Crippen molar-refractivity contribution in [1.82, 2.24) is 19.1 Å². The summed E-state index contributed by atoms with van der Waals surface area (Å²) in [7, 11) is -3.64. The fourth-order valence-corrected chi connectivity index (χ4v) is 4.52. The fraction of sp³-hybridized carbons (Fsp3) is 0.333. The van der Waals surface area contributed by atoms with Crippen molar-refractivity contribution < 1.29 is 12.8 Å². The lowest BCUT2D eigenvalue weighted by Gasteiger charge is -2.16. The first-order chi connectivity index (χ1) is 11.4. The predicted molar refractivity (Wildman–Crippen MR) is 86.2 cm³/mol. The van der Waals surface area contributed by atoms with Gasteiger partial charge < -0.3 is 4.42 Å². The SMILES string of the molecule is Cc1cnn(C2CCN(S(=O)(=O)c3ccc4[nH]c(=O)oc4c3)C2)c1. The number of aromatic nitrogens is 3. The number of nitrogens with zero attached hydrogens (tertiary/aromatic N) is 3. The topological polar surface area (TPSA) is 101 Å². The van der Waals surface area contributed by atoms with E-state index in [9.17, 15) is 13.2 Å². The van der Waals surface area contributed by atoms with Crippen LogP contribution in [0, 0.1) is 6.92 Å². The van der Waals surface area contributed by atoms with Crippen LogP contribution in [-0.2, 0) is 10.0 Å². The Labute approximate surface area is 137 Å². The van der Waals surface area contributed by atoms with Gasteiger partial charge in [0.05, 0.1) is 22.7 Å². The molecule has 1 fully saturated rings. The molecule has 1 saturated heterocycles. The Morgan fingerprint density at radius 2 is 2.21 bits per heavy atom. The van der Waals surface area contributed by atoms with E-state index in [4.69, 9.17) is 4.42 Å². The van der Waals surface area contributed by atoms with Gasteiger partial charge in [-0.05, 0) is 31.0 Å². The van der Waals surface area contributed by atoms with Crippen LogP contribution < -0.4 is 5.76 Å². The molecule has 24 heavy (non-hydrogen) atoms. The van der Waals surface area contributed by atoms with Crippen LogP contribution in [0.2, 0.25) is 0 Å². The number of oxazole rings is 1. The molecule has 0 bridgehead atoms. The molecule has 0 amide bonds. The summed E-state index contributed by atoms with van der Waals surface area (Å²) in [6, 6.07) is 4.43. The highest BCUT2D eigenvalue weighted by molar-refractivity contribution is 7.89. The quantitative estimate of drug-likeness (QED) is 0.768. The number of fused-ring (bicyclic) bond motifs is 1. The van der Waals surface area contributed by atoms with E-state index in [1.54, 1.807) is 6.20 Å². The summed E-state index contributed by atoms with van der Waals surface area (Å²) in [5.41, 5.74) is 1.76. The maximum absolute atomic E-state index is 12.8. The number of sulfonamides is 1. The highest BCUT2D eigenvalue weighted by Crippen LogP contribution is 2.28. The third kappa shape index (κ3) is 2.45. The number of benzene rings is 1. The van der Waals surface area contributed by atoms with E-state index in [0.717, 1.165) is 5.56 Å². The van der Waals surface area contributed by atoms with Gasteiger partial charge in [-0.3, -0.25) is 9.67 Å². The van der Waals surface area contributed by atoms with Crippen LogP contribution >= 0.6 is 0 Å². The lowest BCUT2D eigenvalue weighted by molar-refractivity contribution is 0.434. The van der Waals surface area contributed by atoms with Crippen LogP contribution in [0.1, 0.15) is 18.0 Å². The van der Waals surface area contributed by atoms with E-state index >= 15 is 0 Å². The van der Waals surface area contributed by atoms with E-state index in [0.29, 0.717) is 25.0 Å². The Bertz CT molecular complexity index is 1060. The van der Waals surface area contributed by atoms with Crippen molar-refractivity contribution in [3.8, 4) is 0 Å². The average molecular weight is 348 g/mol. The first-order valence-corrected chi connectivity index (χ1v) is 9.01. The minimum absolute atomic E-state index is 0.0300. The van der Waals surface area contributed by atoms with E-state index in [2.05, 4.69) is 10.1 Å². The number of rotatable bonds is 3. The van der Waals surface area contributed by atoms with Gasteiger partial charge in [0.15, 0.2) is 5.58 Å². The van der Waals surface area contributed by atoms with Gasteiger partial charge in [0.1, 0.15) is 0 Å². The van der Waals surface area contributed by atoms with Crippen LogP contribution in [0.15, 0.2) is 44.7 Å². The maximum Gasteiger partial charge on any atom is 0.417 e. The molecule has 9 heteroatoms. The Morgan fingerprint density at radius 3 is 2.96 bits per heavy atom. The summed E-state index contributed by atoms with van der Waals surface area (Å²) in [5.74, 6) is -0.602. The predicted octanol–water partition coefficient (Wildman–Crippen LogP) is 1.26. The molecular formula is C15H16N4O4S. The zero-order valence-electron chi connectivity index (χ0n) is 13.0. The molecule has 3 aromatic rings. The normalized spacial score (nSPS) is 19.3. The van der Waals surface area contributed by atoms with Gasteiger partial charge in [-0.15, -0.1) is 0 Å². The van der Waals surface area contributed by atoms with Crippen molar-refractivity contribution in [1.29, 1.82) is 0 Å². The summed E-state index contributed by atoms with van der Waals surface area (Å²) in [6.45, 7) is 2.76. The van der Waals surface area contributed by atoms with Crippen molar-refractivity contribution in [3.63, 3.8) is 0 Å². The summed E-state index contributed by atoms with van der Waals surface area (Å²) in [4.78, 5) is 13.8. The van der Waals surface area contributed by atoms with Gasteiger partial charge in [0.25, 0.3) is 0 Å². The molecule has 0 spiro atoms. The highest BCUT2D eigenvalue weighted by atomic mass is 32.2. The number of aromatic amines is 1. The number of hydrogen-bond donors (Lipinski definition) is 1. The Kier molecular flexibility index (Phi) is 3.36. The third-order valence-corrected chi connectivity index (χ3v) is 6.12. The zero-order chi connectivity index (χ0) is 16.9. The zero-order valence-corrected chi connectivity index (χ0v) is 13.8. The molecule has 126 valence electrons. The summed E-state index contributed by atoms with van der Waals surface area (Å²) < 4.78 is 33.9. The van der Waals surface area contributed by atoms with Crippen LogP contribution in [0.3, 0.4) is 0 Å². The number of hydrogen-bond acceptors (Lipinski definition) is 5. The first-order valence-electron chi connectivity index (χ1n) is 7.57. The molecule has 2 aromatic heterocycles. The Hall–Kier alpha value is -2.39. The minimum Gasteiger partial charge on any atom is -0.408 e. The van der Waals surface area contributed by atoms with Crippen LogP contribution in [0.25, 0.3) is 11.1 Å². The average Bonchev–Trinajstić information content (AvgIpc) is 3.23. The van der Waals surface area contributed by atoms with Crippen molar-refractivity contribution in [2.24, 2.45) is 0 Å². The molecule has 0 saturated carbocycles. The minimum atomic E-state index is -3.64. The van der Waals surface area contributed by atoms with Gasteiger partial charge in [-0.25, -0.2) is 13.2 Å². The van der Waals surface area contributed by atoms with E-state index in [1.807, 2.05) is 17.8 Å². The van der Waals surface area contributed by atoms with Gasteiger partial charge in [-0.1, -0.05) is 0 Å². The fourth-order valence-electron chi connectivity index (χ4n) is 3.01. The molecule has 0 radical (unpaired) electrons. The molecule has 1 N–H and O–H groups in total. The number of H-pyrrole nitrogens is 1. The third-order valence-electron chi connectivity index (χ3n) is 4.26. The van der Waals surface area contributed by atoms with Gasteiger partial charge in [0, 0.05) is 25.4 Å². The van der Waals surface area contributed by atoms with Crippen molar-refractivity contribution in [2.75, 3.05) is 13.1 Å². The summed E-state index contributed by atoms with van der Waals surface area (Å²) in [5, 5.41) is 4.27. The molecule has 1 atom stereocenters. The lowest BCUT2D eigenvalue weighted by atomic mass is 10.3. The molecule has 1 aliphatic heterocycles. The summed E-state index contributed by atoms with van der Waals surface area (Å²) >= 11 is 0. The highest BCUT2D eigenvalue weighted by Gasteiger charge is 2.34. The molecular weight excluding hydrogens is 332 g/mol. The largest absolute Gasteiger partial charge is 0.417 e.